The lowest BCUT2D eigenvalue weighted by molar-refractivity contribution is 0.102. The number of likely N-dealkylation sites (N-methyl/N-ethyl adjacent to an activating group) is 1. The average molecular weight is 256 g/mol. The van der Waals surface area contributed by atoms with Crippen molar-refractivity contribution < 1.29 is 13.2 Å². The number of hydrogen-bond donors (Lipinski definition) is 0. The number of ether oxygens (including phenoxy) is 1. The van der Waals surface area contributed by atoms with Gasteiger partial charge in [-0.25, -0.2) is 8.42 Å². The predicted octanol–water partition coefficient (Wildman–Crippen LogP) is 1.05. The van der Waals surface area contributed by atoms with Crippen LogP contribution in [0.3, 0.4) is 0 Å². The zero-order valence-corrected chi connectivity index (χ0v) is 10.9. The number of alkyl halides is 1. The molecule has 0 radical (unpaired) electrons. The third-order valence-electron chi connectivity index (χ3n) is 2.93. The Morgan fingerprint density at radius 2 is 2.20 bits per heavy atom. The Balaban J connectivity index is 2.79. The largest absolute Gasteiger partial charge is 0.377 e. The van der Waals surface area contributed by atoms with Crippen molar-refractivity contribution in [2.24, 2.45) is 0 Å². The Morgan fingerprint density at radius 3 is 2.60 bits per heavy atom. The molecular formula is C9H18ClNO3S. The van der Waals surface area contributed by atoms with E-state index in [4.69, 9.17) is 16.3 Å². The van der Waals surface area contributed by atoms with E-state index in [0.717, 1.165) is 6.42 Å². The van der Waals surface area contributed by atoms with E-state index in [1.165, 1.54) is 4.31 Å². The molecule has 1 aliphatic rings. The lowest BCUT2D eigenvalue weighted by atomic mass is 10.2. The molecule has 0 aliphatic carbocycles. The zero-order chi connectivity index (χ0) is 11.6. The van der Waals surface area contributed by atoms with Gasteiger partial charge < -0.3 is 4.74 Å². The molecule has 0 aromatic heterocycles. The maximum absolute atomic E-state index is 12.0. The van der Waals surface area contributed by atoms with Crippen molar-refractivity contribution in [2.75, 3.05) is 19.5 Å². The first-order valence-corrected chi connectivity index (χ1v) is 7.09. The minimum atomic E-state index is -3.28. The molecule has 15 heavy (non-hydrogen) atoms. The number of nitrogens with zero attached hydrogens (tertiary/aromatic N) is 1. The summed E-state index contributed by atoms with van der Waals surface area (Å²) in [5.74, 6) is 0.120. The van der Waals surface area contributed by atoms with Crippen molar-refractivity contribution in [3.63, 3.8) is 0 Å². The second-order valence-corrected chi connectivity index (χ2v) is 6.68. The van der Waals surface area contributed by atoms with Gasteiger partial charge in [-0.2, -0.15) is 4.31 Å². The van der Waals surface area contributed by atoms with Crippen LogP contribution in [0, 0.1) is 0 Å². The molecule has 0 aromatic carbocycles. The summed E-state index contributed by atoms with van der Waals surface area (Å²) in [5, 5.41) is -0.544. The number of rotatable bonds is 4. The number of hydrogen-bond acceptors (Lipinski definition) is 3. The molecule has 3 unspecified atom stereocenters. The molecule has 1 heterocycles. The minimum absolute atomic E-state index is 0.0349. The van der Waals surface area contributed by atoms with Gasteiger partial charge in [0.15, 0.2) is 0 Å². The zero-order valence-electron chi connectivity index (χ0n) is 9.31. The summed E-state index contributed by atoms with van der Waals surface area (Å²) in [4.78, 5) is 0. The monoisotopic (exact) mass is 255 g/mol. The highest BCUT2D eigenvalue weighted by Crippen LogP contribution is 2.22. The van der Waals surface area contributed by atoms with Crippen molar-refractivity contribution in [3.8, 4) is 0 Å². The maximum Gasteiger partial charge on any atom is 0.217 e. The van der Waals surface area contributed by atoms with Crippen molar-refractivity contribution in [3.05, 3.63) is 0 Å². The van der Waals surface area contributed by atoms with Crippen LogP contribution >= 0.6 is 11.6 Å². The van der Waals surface area contributed by atoms with Crippen LogP contribution in [0.25, 0.3) is 0 Å². The van der Waals surface area contributed by atoms with Crippen LogP contribution in [-0.2, 0) is 14.8 Å². The lowest BCUT2D eigenvalue weighted by Gasteiger charge is -2.28. The molecule has 1 fully saturated rings. The lowest BCUT2D eigenvalue weighted by Crippen LogP contribution is -2.45. The second-order valence-electron chi connectivity index (χ2n) is 3.96. The fourth-order valence-corrected chi connectivity index (χ4v) is 3.61. The molecule has 1 saturated heterocycles. The van der Waals surface area contributed by atoms with Gasteiger partial charge in [0, 0.05) is 19.5 Å². The third-order valence-corrected chi connectivity index (χ3v) is 5.83. The Hall–Kier alpha value is 0.160. The maximum atomic E-state index is 12.0. The minimum Gasteiger partial charge on any atom is -0.377 e. The molecular weight excluding hydrogens is 238 g/mol. The first kappa shape index (κ1) is 13.2. The molecule has 90 valence electrons. The molecule has 1 rings (SSSR count). The fraction of sp³-hybridized carbons (Fsp3) is 1.00. The standard InChI is InChI=1S/C9H18ClNO3S/c1-7(6-10)15(12,13)11(3)9-4-5-14-8(9)2/h7-9H,4-6H2,1-3H3. The van der Waals surface area contributed by atoms with Crippen molar-refractivity contribution in [1.29, 1.82) is 0 Å². The molecule has 0 bridgehead atoms. The molecule has 0 N–H and O–H groups in total. The van der Waals surface area contributed by atoms with Gasteiger partial charge in [0.25, 0.3) is 0 Å². The summed E-state index contributed by atoms with van der Waals surface area (Å²) in [5.41, 5.74) is 0. The Kier molecular flexibility index (Phi) is 4.40. The Bertz CT molecular complexity index is 306. The number of halogens is 1. The molecule has 0 spiro atoms. The smallest absolute Gasteiger partial charge is 0.217 e. The Labute approximate surface area is 96.6 Å². The van der Waals surface area contributed by atoms with Gasteiger partial charge in [-0.1, -0.05) is 0 Å². The van der Waals surface area contributed by atoms with Crippen LogP contribution in [0.1, 0.15) is 20.3 Å². The van der Waals surface area contributed by atoms with E-state index in [0.29, 0.717) is 6.61 Å². The van der Waals surface area contributed by atoms with Crippen LogP contribution in [-0.4, -0.2) is 49.7 Å². The highest BCUT2D eigenvalue weighted by molar-refractivity contribution is 7.89. The predicted molar refractivity (Wildman–Crippen MR) is 60.7 cm³/mol. The van der Waals surface area contributed by atoms with Crippen molar-refractivity contribution >= 4 is 21.6 Å². The van der Waals surface area contributed by atoms with Gasteiger partial charge in [-0.15, -0.1) is 11.6 Å². The summed E-state index contributed by atoms with van der Waals surface area (Å²) in [6.45, 7) is 4.15. The molecule has 0 saturated carbocycles. The van der Waals surface area contributed by atoms with E-state index in [1.807, 2.05) is 6.92 Å². The topological polar surface area (TPSA) is 46.6 Å². The van der Waals surface area contributed by atoms with Crippen molar-refractivity contribution in [2.45, 2.75) is 37.7 Å². The summed E-state index contributed by atoms with van der Waals surface area (Å²) in [7, 11) is -1.68. The summed E-state index contributed by atoms with van der Waals surface area (Å²) in [6.07, 6.45) is 0.721. The van der Waals surface area contributed by atoms with Gasteiger partial charge in [0.2, 0.25) is 10.0 Å². The van der Waals surface area contributed by atoms with E-state index in [2.05, 4.69) is 0 Å². The van der Waals surface area contributed by atoms with Gasteiger partial charge in [-0.3, -0.25) is 0 Å². The molecule has 0 aromatic rings. The molecule has 6 heteroatoms. The fourth-order valence-electron chi connectivity index (χ4n) is 1.75. The van der Waals surface area contributed by atoms with Crippen LogP contribution in [0.15, 0.2) is 0 Å². The molecule has 1 aliphatic heterocycles. The quantitative estimate of drug-likeness (QED) is 0.706. The Morgan fingerprint density at radius 1 is 1.60 bits per heavy atom. The summed E-state index contributed by atoms with van der Waals surface area (Å²) < 4.78 is 30.7. The second kappa shape index (κ2) is 4.99. The first-order chi connectivity index (χ1) is 6.91. The molecule has 0 amide bonds. The third kappa shape index (κ3) is 2.64. The normalized spacial score (nSPS) is 29.7. The van der Waals surface area contributed by atoms with Crippen LogP contribution in [0.5, 0.6) is 0 Å². The highest BCUT2D eigenvalue weighted by atomic mass is 35.5. The van der Waals surface area contributed by atoms with Crippen LogP contribution in [0.2, 0.25) is 0 Å². The van der Waals surface area contributed by atoms with E-state index in [9.17, 15) is 8.42 Å². The molecule has 3 atom stereocenters. The van der Waals surface area contributed by atoms with Crippen molar-refractivity contribution in [1.82, 2.24) is 4.31 Å². The van der Waals surface area contributed by atoms with E-state index in [-0.39, 0.29) is 18.0 Å². The number of sulfonamides is 1. The molecule has 4 nitrogen and oxygen atoms in total. The highest BCUT2D eigenvalue weighted by Gasteiger charge is 2.36. The van der Waals surface area contributed by atoms with E-state index < -0.39 is 15.3 Å². The van der Waals surface area contributed by atoms with Gasteiger partial charge in [0.1, 0.15) is 0 Å². The van der Waals surface area contributed by atoms with Crippen LogP contribution in [0.4, 0.5) is 0 Å². The van der Waals surface area contributed by atoms with Gasteiger partial charge in [0.05, 0.1) is 17.4 Å². The average Bonchev–Trinajstić information content (AvgIpc) is 2.61. The first-order valence-electron chi connectivity index (χ1n) is 5.05. The van der Waals surface area contributed by atoms with Gasteiger partial charge in [-0.05, 0) is 20.3 Å². The van der Waals surface area contributed by atoms with Crippen LogP contribution < -0.4 is 0 Å². The van der Waals surface area contributed by atoms with E-state index in [1.54, 1.807) is 14.0 Å². The van der Waals surface area contributed by atoms with Gasteiger partial charge >= 0.3 is 0 Å². The summed E-state index contributed by atoms with van der Waals surface area (Å²) in [6, 6.07) is -0.0549. The van der Waals surface area contributed by atoms with E-state index >= 15 is 0 Å². The SMILES string of the molecule is CC1OCCC1N(C)S(=O)(=O)C(C)CCl. The summed E-state index contributed by atoms with van der Waals surface area (Å²) >= 11 is 5.59.